The first-order chi connectivity index (χ1) is 8.53. The lowest BCUT2D eigenvalue weighted by atomic mass is 9.94. The van der Waals surface area contributed by atoms with Crippen molar-refractivity contribution in [2.75, 3.05) is 6.61 Å². The zero-order valence-electron chi connectivity index (χ0n) is 10.1. The van der Waals surface area contributed by atoms with Crippen LogP contribution in [0.4, 0.5) is 0 Å². The normalized spacial score (nSPS) is 41.4. The highest BCUT2D eigenvalue weighted by Crippen LogP contribution is 2.66. The van der Waals surface area contributed by atoms with Crippen LogP contribution in [0.25, 0.3) is 0 Å². The Kier molecular flexibility index (Phi) is 2.24. The lowest BCUT2D eigenvalue weighted by Crippen LogP contribution is -2.32. The van der Waals surface area contributed by atoms with E-state index in [1.54, 1.807) is 6.92 Å². The van der Waals surface area contributed by atoms with Crippen molar-refractivity contribution < 1.29 is 23.9 Å². The Hall–Kier alpha value is -1.52. The molecular weight excluding hydrogens is 236 g/mol. The Balaban J connectivity index is 2.08. The van der Waals surface area contributed by atoms with Crippen LogP contribution in [0.2, 0.25) is 0 Å². The third-order valence-electron chi connectivity index (χ3n) is 4.43. The van der Waals surface area contributed by atoms with Gasteiger partial charge in [0.2, 0.25) is 0 Å². The van der Waals surface area contributed by atoms with Crippen LogP contribution in [-0.2, 0) is 23.9 Å². The standard InChI is InChI=1S/C13H14O5/c1-2-18-12(17)13-9(16)5-6-3-7(14)10(13)11(13)8(15)4-6/h6,10-11H,2-5H2,1H3/t6?,10-,11?,13?/m1/s1. The molecule has 4 fully saturated rings. The van der Waals surface area contributed by atoms with Gasteiger partial charge in [-0.15, -0.1) is 0 Å². The zero-order chi connectivity index (χ0) is 13.1. The van der Waals surface area contributed by atoms with E-state index >= 15 is 0 Å². The fourth-order valence-electron chi connectivity index (χ4n) is 3.70. The van der Waals surface area contributed by atoms with E-state index in [1.165, 1.54) is 0 Å². The van der Waals surface area contributed by atoms with Crippen LogP contribution in [0, 0.1) is 23.2 Å². The molecule has 0 N–H and O–H groups in total. The summed E-state index contributed by atoms with van der Waals surface area (Å²) in [6, 6.07) is 0. The average Bonchev–Trinajstić information content (AvgIpc) is 3.01. The SMILES string of the molecule is CCOC(=O)C12C(=O)CC3CC(=O)C1[C@H]2C(=O)C3. The summed E-state index contributed by atoms with van der Waals surface area (Å²) in [5.74, 6) is -2.84. The van der Waals surface area contributed by atoms with Crippen molar-refractivity contribution in [3.8, 4) is 0 Å². The molecule has 4 rings (SSSR count). The van der Waals surface area contributed by atoms with Crippen molar-refractivity contribution in [3.05, 3.63) is 0 Å². The maximum absolute atomic E-state index is 12.2. The number of hydrogen-bond acceptors (Lipinski definition) is 5. The van der Waals surface area contributed by atoms with E-state index in [-0.39, 0.29) is 49.1 Å². The molecular formula is C13H14O5. The minimum atomic E-state index is -1.45. The van der Waals surface area contributed by atoms with Crippen LogP contribution >= 0.6 is 0 Å². The largest absolute Gasteiger partial charge is 0.465 e. The van der Waals surface area contributed by atoms with Gasteiger partial charge in [0.1, 0.15) is 17.0 Å². The second-order valence-corrected chi connectivity index (χ2v) is 5.38. The minimum absolute atomic E-state index is 0.116. The molecule has 0 aliphatic heterocycles. The number of ether oxygens (including phenoxy) is 1. The molecule has 0 amide bonds. The number of Topliss-reactive ketones (excluding diaryl/α,β-unsaturated/α-hetero) is 3. The molecule has 96 valence electrons. The number of carbonyl (C=O) groups excluding carboxylic acids is 4. The molecule has 18 heavy (non-hydrogen) atoms. The molecule has 4 saturated carbocycles. The Morgan fingerprint density at radius 2 is 1.72 bits per heavy atom. The Labute approximate surface area is 104 Å². The van der Waals surface area contributed by atoms with Gasteiger partial charge in [-0.3, -0.25) is 19.2 Å². The second kappa shape index (κ2) is 3.49. The molecule has 5 nitrogen and oxygen atoms in total. The van der Waals surface area contributed by atoms with Gasteiger partial charge in [-0.25, -0.2) is 0 Å². The van der Waals surface area contributed by atoms with Crippen molar-refractivity contribution in [1.29, 1.82) is 0 Å². The summed E-state index contributed by atoms with van der Waals surface area (Å²) < 4.78 is 4.94. The lowest BCUT2D eigenvalue weighted by Gasteiger charge is -2.12. The predicted octanol–water partition coefficient (Wildman–Crippen LogP) is 0.303. The fourth-order valence-corrected chi connectivity index (χ4v) is 3.70. The molecule has 0 aromatic carbocycles. The van der Waals surface area contributed by atoms with Crippen molar-refractivity contribution in [1.82, 2.24) is 0 Å². The van der Waals surface area contributed by atoms with E-state index in [0.29, 0.717) is 0 Å². The highest BCUT2D eigenvalue weighted by Gasteiger charge is 2.81. The monoisotopic (exact) mass is 250 g/mol. The summed E-state index contributed by atoms with van der Waals surface area (Å²) in [6.07, 6.45) is 0.656. The number of esters is 1. The fraction of sp³-hybridized carbons (Fsp3) is 0.692. The molecule has 0 heterocycles. The maximum atomic E-state index is 12.2. The maximum Gasteiger partial charge on any atom is 0.321 e. The minimum Gasteiger partial charge on any atom is -0.465 e. The summed E-state index contributed by atoms with van der Waals surface area (Å²) in [7, 11) is 0. The van der Waals surface area contributed by atoms with Gasteiger partial charge >= 0.3 is 5.97 Å². The number of rotatable bonds is 2. The van der Waals surface area contributed by atoms with Crippen molar-refractivity contribution in [2.24, 2.45) is 23.2 Å². The summed E-state index contributed by atoms with van der Waals surface area (Å²) in [6.45, 7) is 1.80. The van der Waals surface area contributed by atoms with Gasteiger partial charge in [0.05, 0.1) is 18.4 Å². The summed E-state index contributed by atoms with van der Waals surface area (Å²) in [5, 5.41) is 0. The molecule has 0 radical (unpaired) electrons. The Morgan fingerprint density at radius 1 is 1.17 bits per heavy atom. The number of fused-ring (bicyclic) bond motifs is 3. The number of hydrogen-bond donors (Lipinski definition) is 0. The average molecular weight is 250 g/mol. The van der Waals surface area contributed by atoms with E-state index < -0.39 is 23.2 Å². The van der Waals surface area contributed by atoms with Gasteiger partial charge < -0.3 is 4.74 Å². The third-order valence-corrected chi connectivity index (χ3v) is 4.43. The molecule has 5 heteroatoms. The topological polar surface area (TPSA) is 77.5 Å². The van der Waals surface area contributed by atoms with Gasteiger partial charge in [0.25, 0.3) is 0 Å². The van der Waals surface area contributed by atoms with E-state index in [4.69, 9.17) is 4.74 Å². The highest BCUT2D eigenvalue weighted by atomic mass is 16.5. The van der Waals surface area contributed by atoms with Gasteiger partial charge in [0, 0.05) is 19.3 Å². The van der Waals surface area contributed by atoms with Crippen molar-refractivity contribution in [2.45, 2.75) is 26.2 Å². The molecule has 4 bridgehead atoms. The van der Waals surface area contributed by atoms with E-state index in [1.807, 2.05) is 0 Å². The molecule has 0 spiro atoms. The second-order valence-electron chi connectivity index (χ2n) is 5.38. The van der Waals surface area contributed by atoms with Crippen LogP contribution in [-0.4, -0.2) is 29.9 Å². The molecule has 3 unspecified atom stereocenters. The van der Waals surface area contributed by atoms with Gasteiger partial charge in [-0.2, -0.15) is 0 Å². The van der Waals surface area contributed by atoms with Crippen molar-refractivity contribution >= 4 is 23.3 Å². The van der Waals surface area contributed by atoms with Crippen molar-refractivity contribution in [3.63, 3.8) is 0 Å². The summed E-state index contributed by atoms with van der Waals surface area (Å²) in [5.41, 5.74) is -1.45. The van der Waals surface area contributed by atoms with Crippen LogP contribution < -0.4 is 0 Å². The summed E-state index contributed by atoms with van der Waals surface area (Å²) in [4.78, 5) is 48.3. The molecule has 0 saturated heterocycles. The number of ketones is 3. The smallest absolute Gasteiger partial charge is 0.321 e. The molecule has 4 aliphatic rings. The van der Waals surface area contributed by atoms with Gasteiger partial charge in [-0.1, -0.05) is 0 Å². The number of carbonyl (C=O) groups is 4. The van der Waals surface area contributed by atoms with Gasteiger partial charge in [-0.05, 0) is 12.8 Å². The Morgan fingerprint density at radius 3 is 2.22 bits per heavy atom. The lowest BCUT2D eigenvalue weighted by molar-refractivity contribution is -0.156. The summed E-state index contributed by atoms with van der Waals surface area (Å²) >= 11 is 0. The zero-order valence-corrected chi connectivity index (χ0v) is 10.1. The first-order valence-electron chi connectivity index (χ1n) is 6.29. The van der Waals surface area contributed by atoms with Crippen LogP contribution in [0.3, 0.4) is 0 Å². The van der Waals surface area contributed by atoms with Crippen LogP contribution in [0.15, 0.2) is 0 Å². The van der Waals surface area contributed by atoms with Gasteiger partial charge in [0.15, 0.2) is 5.78 Å². The highest BCUT2D eigenvalue weighted by molar-refractivity contribution is 6.21. The predicted molar refractivity (Wildman–Crippen MR) is 58.4 cm³/mol. The van der Waals surface area contributed by atoms with Crippen LogP contribution in [0.5, 0.6) is 0 Å². The molecule has 4 aliphatic carbocycles. The first kappa shape index (κ1) is 11.6. The third kappa shape index (κ3) is 1.17. The van der Waals surface area contributed by atoms with E-state index in [0.717, 1.165) is 0 Å². The molecule has 4 atom stereocenters. The first-order valence-corrected chi connectivity index (χ1v) is 6.29. The molecule has 0 aromatic rings. The quantitative estimate of drug-likeness (QED) is 0.520. The van der Waals surface area contributed by atoms with Crippen LogP contribution in [0.1, 0.15) is 26.2 Å². The van der Waals surface area contributed by atoms with E-state index in [9.17, 15) is 19.2 Å². The Bertz CT molecular complexity index is 454. The van der Waals surface area contributed by atoms with E-state index in [2.05, 4.69) is 0 Å². The molecule has 0 aromatic heterocycles.